The molecule has 0 spiro atoms. The minimum atomic E-state index is -0.732. The van der Waals surface area contributed by atoms with E-state index in [2.05, 4.69) is 33.0 Å². The van der Waals surface area contributed by atoms with Crippen molar-refractivity contribution in [1.82, 2.24) is 5.32 Å². The normalized spacial score (nSPS) is 23.9. The van der Waals surface area contributed by atoms with Crippen molar-refractivity contribution in [3.8, 4) is 0 Å². The fourth-order valence-electron chi connectivity index (χ4n) is 3.47. The summed E-state index contributed by atoms with van der Waals surface area (Å²) < 4.78 is 0. The summed E-state index contributed by atoms with van der Waals surface area (Å²) in [4.78, 5) is 11.1. The molecule has 0 radical (unpaired) electrons. The highest BCUT2D eigenvalue weighted by atomic mass is 16.4. The van der Waals surface area contributed by atoms with E-state index in [9.17, 15) is 4.79 Å². The number of hydrogen-bond donors (Lipinski definition) is 2. The van der Waals surface area contributed by atoms with Crippen molar-refractivity contribution in [3.05, 3.63) is 0 Å². The van der Waals surface area contributed by atoms with Crippen molar-refractivity contribution in [1.29, 1.82) is 0 Å². The van der Waals surface area contributed by atoms with Gasteiger partial charge in [-0.3, -0.25) is 4.79 Å². The van der Waals surface area contributed by atoms with Crippen LogP contribution in [0.2, 0.25) is 0 Å². The molecular weight excluding hydrogens is 226 g/mol. The SMILES string of the molecule is CC1(C)CC(NCC(C)(C)C(=O)O)CC(C)(C)C1. The Balaban J connectivity index is 2.60. The molecule has 0 aromatic rings. The van der Waals surface area contributed by atoms with Gasteiger partial charge in [0.2, 0.25) is 0 Å². The highest BCUT2D eigenvalue weighted by Gasteiger charge is 2.39. The first-order valence-corrected chi connectivity index (χ1v) is 6.90. The first kappa shape index (κ1) is 15.5. The molecular formula is C15H29NO2. The van der Waals surface area contributed by atoms with E-state index in [0.29, 0.717) is 23.4 Å². The van der Waals surface area contributed by atoms with Gasteiger partial charge in [-0.15, -0.1) is 0 Å². The predicted molar refractivity (Wildman–Crippen MR) is 74.6 cm³/mol. The first-order valence-electron chi connectivity index (χ1n) is 6.90. The molecule has 3 heteroatoms. The van der Waals surface area contributed by atoms with Gasteiger partial charge in [-0.2, -0.15) is 0 Å². The molecule has 0 saturated heterocycles. The maximum Gasteiger partial charge on any atom is 0.310 e. The van der Waals surface area contributed by atoms with E-state index in [1.165, 1.54) is 6.42 Å². The largest absolute Gasteiger partial charge is 0.481 e. The lowest BCUT2D eigenvalue weighted by atomic mass is 9.63. The van der Waals surface area contributed by atoms with Crippen LogP contribution < -0.4 is 5.32 Å². The van der Waals surface area contributed by atoms with Crippen LogP contribution in [0.1, 0.15) is 60.8 Å². The minimum Gasteiger partial charge on any atom is -0.481 e. The van der Waals surface area contributed by atoms with Crippen molar-refractivity contribution in [2.75, 3.05) is 6.54 Å². The number of rotatable bonds is 4. The lowest BCUT2D eigenvalue weighted by Gasteiger charge is -2.45. The second kappa shape index (κ2) is 4.84. The van der Waals surface area contributed by atoms with Crippen LogP contribution in [0.15, 0.2) is 0 Å². The van der Waals surface area contributed by atoms with Crippen LogP contribution in [0.5, 0.6) is 0 Å². The summed E-state index contributed by atoms with van der Waals surface area (Å²) >= 11 is 0. The van der Waals surface area contributed by atoms with Crippen LogP contribution in [0.25, 0.3) is 0 Å². The van der Waals surface area contributed by atoms with Crippen LogP contribution in [-0.4, -0.2) is 23.7 Å². The van der Waals surface area contributed by atoms with Gasteiger partial charge in [0.25, 0.3) is 0 Å². The van der Waals surface area contributed by atoms with Gasteiger partial charge in [0.05, 0.1) is 5.41 Å². The lowest BCUT2D eigenvalue weighted by molar-refractivity contribution is -0.146. The Morgan fingerprint density at radius 3 is 2.06 bits per heavy atom. The molecule has 1 aliphatic rings. The summed E-state index contributed by atoms with van der Waals surface area (Å²) in [5.41, 5.74) is -0.00863. The molecule has 1 fully saturated rings. The van der Waals surface area contributed by atoms with E-state index < -0.39 is 11.4 Å². The molecule has 0 bridgehead atoms. The average molecular weight is 255 g/mol. The monoisotopic (exact) mass is 255 g/mol. The van der Waals surface area contributed by atoms with Crippen LogP contribution >= 0.6 is 0 Å². The molecule has 0 aromatic heterocycles. The number of carboxylic acids is 1. The van der Waals surface area contributed by atoms with Gasteiger partial charge in [-0.25, -0.2) is 0 Å². The van der Waals surface area contributed by atoms with Gasteiger partial charge in [0.1, 0.15) is 0 Å². The maximum absolute atomic E-state index is 11.1. The molecule has 0 aromatic carbocycles. The van der Waals surface area contributed by atoms with Gasteiger partial charge in [-0.1, -0.05) is 27.7 Å². The summed E-state index contributed by atoms with van der Waals surface area (Å²) in [6.45, 7) is 13.3. The van der Waals surface area contributed by atoms with Crippen molar-refractivity contribution < 1.29 is 9.90 Å². The third-order valence-electron chi connectivity index (χ3n) is 3.97. The van der Waals surface area contributed by atoms with E-state index in [0.717, 1.165) is 12.8 Å². The van der Waals surface area contributed by atoms with Gasteiger partial charge in [0.15, 0.2) is 0 Å². The molecule has 2 N–H and O–H groups in total. The summed E-state index contributed by atoms with van der Waals surface area (Å²) in [6, 6.07) is 0.433. The predicted octanol–water partition coefficient (Wildman–Crippen LogP) is 3.29. The van der Waals surface area contributed by atoms with Crippen molar-refractivity contribution in [2.24, 2.45) is 16.2 Å². The molecule has 1 saturated carbocycles. The molecule has 0 atom stereocenters. The van der Waals surface area contributed by atoms with Gasteiger partial charge >= 0.3 is 5.97 Å². The second-order valence-electron chi connectivity index (χ2n) is 8.18. The van der Waals surface area contributed by atoms with Crippen LogP contribution in [0, 0.1) is 16.2 Å². The zero-order chi connectivity index (χ0) is 14.2. The third-order valence-corrected chi connectivity index (χ3v) is 3.97. The molecule has 3 nitrogen and oxygen atoms in total. The zero-order valence-corrected chi connectivity index (χ0v) is 12.8. The van der Waals surface area contributed by atoms with E-state index in [1.54, 1.807) is 13.8 Å². The Labute approximate surface area is 111 Å². The van der Waals surface area contributed by atoms with Crippen molar-refractivity contribution >= 4 is 5.97 Å². The van der Waals surface area contributed by atoms with E-state index in [4.69, 9.17) is 5.11 Å². The first-order chi connectivity index (χ1) is 7.94. The smallest absolute Gasteiger partial charge is 0.310 e. The Bertz CT molecular complexity index is 302. The molecule has 18 heavy (non-hydrogen) atoms. The highest BCUT2D eigenvalue weighted by Crippen LogP contribution is 2.45. The van der Waals surface area contributed by atoms with Crippen LogP contribution in [0.3, 0.4) is 0 Å². The highest BCUT2D eigenvalue weighted by molar-refractivity contribution is 5.73. The van der Waals surface area contributed by atoms with E-state index in [-0.39, 0.29) is 0 Å². The van der Waals surface area contributed by atoms with E-state index >= 15 is 0 Å². The minimum absolute atomic E-state index is 0.340. The van der Waals surface area contributed by atoms with Gasteiger partial charge < -0.3 is 10.4 Å². The number of hydrogen-bond acceptors (Lipinski definition) is 2. The fraction of sp³-hybridized carbons (Fsp3) is 0.933. The number of carboxylic acid groups (broad SMARTS) is 1. The molecule has 0 unspecified atom stereocenters. The summed E-state index contributed by atoms with van der Waals surface area (Å²) in [6.07, 6.45) is 3.50. The zero-order valence-electron chi connectivity index (χ0n) is 12.8. The Morgan fingerprint density at radius 2 is 1.67 bits per heavy atom. The molecule has 0 aliphatic heterocycles. The third kappa shape index (κ3) is 4.27. The standard InChI is InChI=1S/C15H29NO2/c1-13(2)7-11(8-14(3,4)9-13)16-10-15(5,6)12(17)18/h11,16H,7-10H2,1-6H3,(H,17,18). The van der Waals surface area contributed by atoms with Gasteiger partial charge in [0, 0.05) is 12.6 Å². The fourth-order valence-corrected chi connectivity index (χ4v) is 3.47. The number of nitrogens with one attached hydrogen (secondary N) is 1. The van der Waals surface area contributed by atoms with Crippen molar-refractivity contribution in [2.45, 2.75) is 66.8 Å². The Kier molecular flexibility index (Phi) is 4.16. The quantitative estimate of drug-likeness (QED) is 0.810. The Morgan fingerprint density at radius 1 is 1.22 bits per heavy atom. The number of carbonyl (C=O) groups is 1. The Hall–Kier alpha value is -0.570. The van der Waals surface area contributed by atoms with Crippen molar-refractivity contribution in [3.63, 3.8) is 0 Å². The van der Waals surface area contributed by atoms with E-state index in [1.807, 2.05) is 0 Å². The second-order valence-corrected chi connectivity index (χ2v) is 8.18. The molecule has 1 aliphatic carbocycles. The molecule has 0 heterocycles. The van der Waals surface area contributed by atoms with Crippen LogP contribution in [0.4, 0.5) is 0 Å². The molecule has 1 rings (SSSR count). The summed E-state index contributed by atoms with van der Waals surface area (Å²) in [7, 11) is 0. The molecule has 106 valence electrons. The number of aliphatic carboxylic acids is 1. The summed E-state index contributed by atoms with van der Waals surface area (Å²) in [5, 5.41) is 12.6. The topological polar surface area (TPSA) is 49.3 Å². The van der Waals surface area contributed by atoms with Gasteiger partial charge in [-0.05, 0) is 43.9 Å². The maximum atomic E-state index is 11.1. The van der Waals surface area contributed by atoms with Crippen LogP contribution in [-0.2, 0) is 4.79 Å². The lowest BCUT2D eigenvalue weighted by Crippen LogP contribution is -2.47. The average Bonchev–Trinajstić information content (AvgIpc) is 2.09. The molecule has 0 amide bonds. The summed E-state index contributed by atoms with van der Waals surface area (Å²) in [5.74, 6) is -0.732.